The van der Waals surface area contributed by atoms with Gasteiger partial charge in [0.25, 0.3) is 0 Å². The lowest BCUT2D eigenvalue weighted by molar-refractivity contribution is -1.10. The number of hydroxylamine groups is 3. The van der Waals surface area contributed by atoms with Crippen LogP contribution in [0.3, 0.4) is 0 Å². The molecule has 292 valence electrons. The van der Waals surface area contributed by atoms with E-state index in [1.807, 2.05) is 0 Å². The molecule has 0 aromatic heterocycles. The Labute approximate surface area is 302 Å². The van der Waals surface area contributed by atoms with Gasteiger partial charge < -0.3 is 4.55 Å². The first-order chi connectivity index (χ1) is 23.2. The second-order valence-electron chi connectivity index (χ2n) is 14.7. The van der Waals surface area contributed by atoms with Crippen LogP contribution in [0.25, 0.3) is 0 Å². The predicted molar refractivity (Wildman–Crippen MR) is 207 cm³/mol. The van der Waals surface area contributed by atoms with Crippen LogP contribution in [-0.2, 0) is 14.6 Å². The number of rotatable bonds is 38. The van der Waals surface area contributed by atoms with E-state index in [9.17, 15) is 18.2 Å². The molecular weight excluding hydrogens is 619 g/mol. The Morgan fingerprint density at radius 1 is 0.417 bits per heavy atom. The average molecular weight is 706 g/mol. The quantitative estimate of drug-likeness (QED) is 0.0227. The van der Waals surface area contributed by atoms with Crippen LogP contribution in [0.15, 0.2) is 0 Å². The average Bonchev–Trinajstić information content (AvgIpc) is 3.07. The highest BCUT2D eigenvalue weighted by atomic mass is 32.3. The lowest BCUT2D eigenvalue weighted by Crippen LogP contribution is -2.46. The van der Waals surface area contributed by atoms with Gasteiger partial charge in [0, 0.05) is 0 Å². The summed E-state index contributed by atoms with van der Waals surface area (Å²) in [5, 5.41) is 11.0. The summed E-state index contributed by atoms with van der Waals surface area (Å²) in [4.78, 5) is 0. The van der Waals surface area contributed by atoms with Crippen molar-refractivity contribution in [3.05, 3.63) is 0 Å². The Morgan fingerprint density at radius 3 is 0.729 bits per heavy atom. The van der Waals surface area contributed by atoms with E-state index in [1.165, 1.54) is 218 Å². The summed E-state index contributed by atoms with van der Waals surface area (Å²) in [5.74, 6) is 0. The van der Waals surface area contributed by atoms with E-state index >= 15 is 0 Å². The largest absolute Gasteiger partial charge is 0.726 e. The minimum absolute atomic E-state index is 0.317. The van der Waals surface area contributed by atoms with E-state index in [-0.39, 0.29) is 0 Å². The van der Waals surface area contributed by atoms with Gasteiger partial charge in [-0.2, -0.15) is 4.65 Å². The van der Waals surface area contributed by atoms with Crippen LogP contribution in [0.1, 0.15) is 239 Å². The normalized spacial score (nSPS) is 13.0. The monoisotopic (exact) mass is 706 g/mol. The van der Waals surface area contributed by atoms with Crippen LogP contribution in [-0.4, -0.2) is 49.6 Å². The summed E-state index contributed by atoms with van der Waals surface area (Å²) in [6, 6.07) is 0. The summed E-state index contributed by atoms with van der Waals surface area (Å²) >= 11 is 0. The van der Waals surface area contributed by atoms with Gasteiger partial charge in [-0.05, 0) is 32.6 Å². The summed E-state index contributed by atoms with van der Waals surface area (Å²) < 4.78 is 31.3. The lowest BCUT2D eigenvalue weighted by atomic mass is 10.0. The van der Waals surface area contributed by atoms with Crippen LogP contribution < -0.4 is 0 Å². The van der Waals surface area contributed by atoms with Crippen LogP contribution in [0.5, 0.6) is 0 Å². The van der Waals surface area contributed by atoms with Gasteiger partial charge in [-0.25, -0.2) is 13.6 Å². The maximum absolute atomic E-state index is 11.0. The van der Waals surface area contributed by atoms with Gasteiger partial charge in [0.05, 0.1) is 7.11 Å². The number of hydrogen-bond acceptors (Lipinski definition) is 5. The Kier molecular flexibility index (Phi) is 41.1. The summed E-state index contributed by atoms with van der Waals surface area (Å²) in [6.45, 7) is 9.58. The maximum Gasteiger partial charge on any atom is 0.217 e. The van der Waals surface area contributed by atoms with Crippen molar-refractivity contribution in [1.82, 2.24) is 0 Å². The third-order valence-electron chi connectivity index (χ3n) is 10.1. The van der Waals surface area contributed by atoms with Crippen molar-refractivity contribution in [3.8, 4) is 0 Å². The minimum atomic E-state index is -4.41. The molecule has 0 aromatic carbocycles. The van der Waals surface area contributed by atoms with Crippen molar-refractivity contribution < 1.29 is 27.0 Å². The van der Waals surface area contributed by atoms with Gasteiger partial charge in [0.15, 0.2) is 0 Å². The third-order valence-corrected chi connectivity index (χ3v) is 10.6. The molecule has 6 nitrogen and oxygen atoms in total. The molecule has 1 N–H and O–H groups in total. The number of nitrogens with zero attached hydrogens (tertiary/aromatic N) is 1. The van der Waals surface area contributed by atoms with Gasteiger partial charge in [0.2, 0.25) is 10.4 Å². The van der Waals surface area contributed by atoms with E-state index in [0.29, 0.717) is 4.65 Å². The number of unbranched alkanes of at least 4 members (excludes halogenated alkanes) is 32. The van der Waals surface area contributed by atoms with E-state index in [1.54, 1.807) is 0 Å². The third kappa shape index (κ3) is 43.8. The molecule has 0 bridgehead atoms. The molecule has 1 atom stereocenters. The van der Waals surface area contributed by atoms with Crippen molar-refractivity contribution in [3.63, 3.8) is 0 Å². The fraction of sp³-hybridized carbons (Fsp3) is 1.00. The Bertz CT molecular complexity index is 705. The Hall–Kier alpha value is -0.210. The van der Waals surface area contributed by atoms with Crippen LogP contribution in [0.2, 0.25) is 0 Å². The van der Waals surface area contributed by atoms with Gasteiger partial charge in [-0.1, -0.05) is 206 Å². The molecule has 0 aromatic rings. The summed E-state index contributed by atoms with van der Waals surface area (Å²) in [7, 11) is -3.60. The maximum atomic E-state index is 11.0. The first kappa shape index (κ1) is 49.9. The fourth-order valence-electron chi connectivity index (χ4n) is 6.69. The van der Waals surface area contributed by atoms with Gasteiger partial charge in [0.1, 0.15) is 19.6 Å². The van der Waals surface area contributed by atoms with Crippen LogP contribution >= 0.6 is 0 Å². The first-order valence-corrected chi connectivity index (χ1v) is 22.7. The smallest absolute Gasteiger partial charge is 0.217 e. The first-order valence-electron chi connectivity index (χ1n) is 21.3. The number of quaternary nitrogens is 1. The molecule has 0 saturated carbocycles. The molecule has 0 amide bonds. The molecule has 0 aliphatic carbocycles. The summed E-state index contributed by atoms with van der Waals surface area (Å²) in [5.41, 5.74) is 0. The van der Waals surface area contributed by atoms with E-state index in [4.69, 9.17) is 0 Å². The van der Waals surface area contributed by atoms with Crippen LogP contribution in [0.4, 0.5) is 0 Å². The molecule has 0 rings (SSSR count). The summed E-state index contributed by atoms with van der Waals surface area (Å²) in [6.07, 6.45) is 48.1. The molecule has 0 spiro atoms. The molecule has 0 aliphatic rings. The van der Waals surface area contributed by atoms with E-state index in [0.717, 1.165) is 26.7 Å². The van der Waals surface area contributed by atoms with Gasteiger partial charge in [-0.3, -0.25) is 4.18 Å². The van der Waals surface area contributed by atoms with Crippen molar-refractivity contribution >= 4 is 10.4 Å². The second kappa shape index (κ2) is 39.6. The zero-order valence-corrected chi connectivity index (χ0v) is 33.9. The highest BCUT2D eigenvalue weighted by molar-refractivity contribution is 7.80. The van der Waals surface area contributed by atoms with Crippen molar-refractivity contribution in [2.75, 3.05) is 26.7 Å². The fourth-order valence-corrected chi connectivity index (χ4v) is 6.69. The predicted octanol–water partition coefficient (Wildman–Crippen LogP) is 13.6. The molecule has 0 radical (unpaired) electrons. The SMILES string of the molecule is CCCCCCCCCCCCCCCCCCCC[N+](O)(CC)CCCCCCCCCCCCCCCCCC.COS(=O)(=O)[O-]. The molecule has 0 heterocycles. The van der Waals surface area contributed by atoms with Gasteiger partial charge in [-0.15, -0.1) is 0 Å². The van der Waals surface area contributed by atoms with E-state index in [2.05, 4.69) is 25.0 Å². The standard InChI is InChI=1S/C40H84NO.CH4O4S/c1-4-7-9-11-13-15-17-19-21-23-24-26-28-30-32-34-36-38-40-41(42,6-3)39-37-35-33-31-29-27-25-22-20-18-16-14-12-10-8-5-2;1-5-6(2,3)4/h42H,4-40H2,1-3H3;1H3,(H,2,3,4)/q+1;/p-1. The molecule has 0 aliphatic heterocycles. The Balaban J connectivity index is 0. The molecule has 7 heteroatoms. The number of hydrogen-bond donors (Lipinski definition) is 1. The van der Waals surface area contributed by atoms with Crippen molar-refractivity contribution in [2.24, 2.45) is 0 Å². The topological polar surface area (TPSA) is 86.7 Å². The van der Waals surface area contributed by atoms with Gasteiger partial charge >= 0.3 is 0 Å². The lowest BCUT2D eigenvalue weighted by Gasteiger charge is -2.29. The molecule has 0 fully saturated rings. The zero-order chi connectivity index (χ0) is 35.9. The highest BCUT2D eigenvalue weighted by Crippen LogP contribution is 2.17. The van der Waals surface area contributed by atoms with Crippen molar-refractivity contribution in [1.29, 1.82) is 0 Å². The van der Waals surface area contributed by atoms with Crippen LogP contribution in [0, 0.1) is 0 Å². The molecular formula is C41H87NO5S. The minimum Gasteiger partial charge on any atom is -0.726 e. The zero-order valence-electron chi connectivity index (χ0n) is 33.1. The highest BCUT2D eigenvalue weighted by Gasteiger charge is 2.21. The second-order valence-corrected chi connectivity index (χ2v) is 15.9. The molecule has 1 unspecified atom stereocenters. The van der Waals surface area contributed by atoms with E-state index < -0.39 is 10.4 Å². The van der Waals surface area contributed by atoms with Crippen molar-refractivity contribution in [2.45, 2.75) is 239 Å². The Morgan fingerprint density at radius 2 is 0.583 bits per heavy atom. The molecule has 48 heavy (non-hydrogen) atoms. The molecule has 0 saturated heterocycles.